The molecule has 1 saturated heterocycles. The van der Waals surface area contributed by atoms with Crippen molar-refractivity contribution in [2.75, 3.05) is 13.1 Å². The Labute approximate surface area is 131 Å². The highest BCUT2D eigenvalue weighted by Gasteiger charge is 2.23. The SMILES string of the molecule is O=C(c1ccccc1Cc1ccccc1)N1CCC(O)CC1. The summed E-state index contributed by atoms with van der Waals surface area (Å²) in [4.78, 5) is 14.6. The monoisotopic (exact) mass is 295 g/mol. The van der Waals surface area contributed by atoms with E-state index >= 15 is 0 Å². The number of aliphatic hydroxyl groups is 1. The molecule has 3 heteroatoms. The molecule has 0 spiro atoms. The second kappa shape index (κ2) is 6.75. The van der Waals surface area contributed by atoms with Crippen LogP contribution in [0.1, 0.15) is 34.3 Å². The molecule has 1 fully saturated rings. The molecule has 0 aromatic heterocycles. The van der Waals surface area contributed by atoms with Crippen LogP contribution in [-0.4, -0.2) is 35.1 Å². The van der Waals surface area contributed by atoms with Crippen LogP contribution in [0.15, 0.2) is 54.6 Å². The third-order valence-corrected chi connectivity index (χ3v) is 4.24. The molecule has 0 atom stereocenters. The lowest BCUT2D eigenvalue weighted by Gasteiger charge is -2.30. The third kappa shape index (κ3) is 3.37. The predicted molar refractivity (Wildman–Crippen MR) is 86.8 cm³/mol. The molecular formula is C19H21NO2. The van der Waals surface area contributed by atoms with E-state index in [1.165, 1.54) is 5.56 Å². The molecule has 1 aliphatic rings. The first-order chi connectivity index (χ1) is 10.7. The number of benzene rings is 2. The number of hydrogen-bond acceptors (Lipinski definition) is 2. The highest BCUT2D eigenvalue weighted by molar-refractivity contribution is 5.95. The van der Waals surface area contributed by atoms with Crippen LogP contribution in [0.5, 0.6) is 0 Å². The van der Waals surface area contributed by atoms with Gasteiger partial charge in [-0.2, -0.15) is 0 Å². The Hall–Kier alpha value is -2.13. The van der Waals surface area contributed by atoms with Gasteiger partial charge in [0.2, 0.25) is 0 Å². The van der Waals surface area contributed by atoms with Gasteiger partial charge in [-0.25, -0.2) is 0 Å². The van der Waals surface area contributed by atoms with Crippen molar-refractivity contribution in [2.45, 2.75) is 25.4 Å². The van der Waals surface area contributed by atoms with Gasteiger partial charge in [-0.05, 0) is 36.5 Å². The molecular weight excluding hydrogens is 274 g/mol. The number of likely N-dealkylation sites (tertiary alicyclic amines) is 1. The summed E-state index contributed by atoms with van der Waals surface area (Å²) in [5.41, 5.74) is 3.05. The fraction of sp³-hybridized carbons (Fsp3) is 0.316. The standard InChI is InChI=1S/C19H21NO2/c21-17-10-12-20(13-11-17)19(22)18-9-5-4-8-16(18)14-15-6-2-1-3-7-15/h1-9,17,21H,10-14H2. The van der Waals surface area contributed by atoms with Crippen LogP contribution in [0.4, 0.5) is 0 Å². The Morgan fingerprint density at radius 2 is 1.64 bits per heavy atom. The first kappa shape index (κ1) is 14.8. The maximum absolute atomic E-state index is 12.8. The summed E-state index contributed by atoms with van der Waals surface area (Å²) >= 11 is 0. The van der Waals surface area contributed by atoms with Crippen LogP contribution in [0.25, 0.3) is 0 Å². The van der Waals surface area contributed by atoms with E-state index in [0.717, 1.165) is 17.5 Å². The Balaban J connectivity index is 1.80. The lowest BCUT2D eigenvalue weighted by molar-refractivity contribution is 0.0546. The topological polar surface area (TPSA) is 40.5 Å². The molecule has 0 aliphatic carbocycles. The van der Waals surface area contributed by atoms with Gasteiger partial charge < -0.3 is 10.0 Å². The first-order valence-electron chi connectivity index (χ1n) is 7.83. The lowest BCUT2D eigenvalue weighted by Crippen LogP contribution is -2.40. The average Bonchev–Trinajstić information content (AvgIpc) is 2.56. The van der Waals surface area contributed by atoms with E-state index < -0.39 is 0 Å². The fourth-order valence-electron chi connectivity index (χ4n) is 2.94. The van der Waals surface area contributed by atoms with Crippen LogP contribution in [0.2, 0.25) is 0 Å². The maximum atomic E-state index is 12.8. The van der Waals surface area contributed by atoms with Crippen molar-refractivity contribution < 1.29 is 9.90 Å². The summed E-state index contributed by atoms with van der Waals surface area (Å²) in [6, 6.07) is 18.0. The molecule has 0 bridgehead atoms. The summed E-state index contributed by atoms with van der Waals surface area (Å²) < 4.78 is 0. The second-order valence-electron chi connectivity index (χ2n) is 5.84. The molecule has 1 aliphatic heterocycles. The number of hydrogen-bond donors (Lipinski definition) is 1. The van der Waals surface area contributed by atoms with Crippen LogP contribution >= 0.6 is 0 Å². The van der Waals surface area contributed by atoms with Gasteiger partial charge in [0, 0.05) is 18.7 Å². The Morgan fingerprint density at radius 1 is 1.00 bits per heavy atom. The quantitative estimate of drug-likeness (QED) is 0.946. The minimum Gasteiger partial charge on any atom is -0.393 e. The molecule has 1 amide bonds. The number of rotatable bonds is 3. The van der Waals surface area contributed by atoms with Crippen LogP contribution in [-0.2, 0) is 6.42 Å². The molecule has 1 N–H and O–H groups in total. The molecule has 114 valence electrons. The van der Waals surface area contributed by atoms with Gasteiger partial charge in [0.05, 0.1) is 6.10 Å². The zero-order valence-corrected chi connectivity index (χ0v) is 12.6. The van der Waals surface area contributed by atoms with Gasteiger partial charge in [-0.1, -0.05) is 48.5 Å². The van der Waals surface area contributed by atoms with Crippen molar-refractivity contribution in [3.8, 4) is 0 Å². The molecule has 0 unspecified atom stereocenters. The summed E-state index contributed by atoms with van der Waals surface area (Å²) in [6.07, 6.45) is 1.85. The Morgan fingerprint density at radius 3 is 2.36 bits per heavy atom. The van der Waals surface area contributed by atoms with Crippen LogP contribution in [0.3, 0.4) is 0 Å². The average molecular weight is 295 g/mol. The Kier molecular flexibility index (Phi) is 4.54. The minimum atomic E-state index is -0.261. The van der Waals surface area contributed by atoms with Gasteiger partial charge in [0.25, 0.3) is 5.91 Å². The molecule has 0 radical (unpaired) electrons. The number of nitrogens with zero attached hydrogens (tertiary/aromatic N) is 1. The minimum absolute atomic E-state index is 0.0819. The van der Waals surface area contributed by atoms with E-state index in [1.54, 1.807) is 0 Å². The molecule has 0 saturated carbocycles. The van der Waals surface area contributed by atoms with Crippen LogP contribution < -0.4 is 0 Å². The van der Waals surface area contributed by atoms with Crippen molar-refractivity contribution in [3.05, 3.63) is 71.3 Å². The molecule has 3 rings (SSSR count). The van der Waals surface area contributed by atoms with E-state index in [1.807, 2.05) is 47.4 Å². The van der Waals surface area contributed by atoms with Crippen molar-refractivity contribution in [1.29, 1.82) is 0 Å². The largest absolute Gasteiger partial charge is 0.393 e. The zero-order valence-electron chi connectivity index (χ0n) is 12.6. The van der Waals surface area contributed by atoms with Crippen molar-refractivity contribution in [1.82, 2.24) is 4.90 Å². The van der Waals surface area contributed by atoms with E-state index in [2.05, 4.69) is 12.1 Å². The number of aliphatic hydroxyl groups excluding tert-OH is 1. The summed E-state index contributed by atoms with van der Waals surface area (Å²) in [5.74, 6) is 0.0819. The summed E-state index contributed by atoms with van der Waals surface area (Å²) in [7, 11) is 0. The number of amides is 1. The smallest absolute Gasteiger partial charge is 0.254 e. The number of piperidine rings is 1. The van der Waals surface area contributed by atoms with Gasteiger partial charge in [0.1, 0.15) is 0 Å². The summed E-state index contributed by atoms with van der Waals surface area (Å²) in [5, 5.41) is 9.59. The van der Waals surface area contributed by atoms with Gasteiger partial charge in [0.15, 0.2) is 0 Å². The highest BCUT2D eigenvalue weighted by Crippen LogP contribution is 2.19. The van der Waals surface area contributed by atoms with Crippen molar-refractivity contribution in [2.24, 2.45) is 0 Å². The second-order valence-corrected chi connectivity index (χ2v) is 5.84. The molecule has 2 aromatic carbocycles. The van der Waals surface area contributed by atoms with Gasteiger partial charge in [-0.3, -0.25) is 4.79 Å². The summed E-state index contributed by atoms with van der Waals surface area (Å²) in [6.45, 7) is 1.28. The molecule has 2 aromatic rings. The fourth-order valence-corrected chi connectivity index (χ4v) is 2.94. The molecule has 22 heavy (non-hydrogen) atoms. The van der Waals surface area contributed by atoms with E-state index in [-0.39, 0.29) is 12.0 Å². The molecule has 3 nitrogen and oxygen atoms in total. The van der Waals surface area contributed by atoms with E-state index in [4.69, 9.17) is 0 Å². The van der Waals surface area contributed by atoms with Crippen LogP contribution in [0, 0.1) is 0 Å². The van der Waals surface area contributed by atoms with E-state index in [9.17, 15) is 9.90 Å². The Bertz CT molecular complexity index is 631. The predicted octanol–water partition coefficient (Wildman–Crippen LogP) is 2.87. The van der Waals surface area contributed by atoms with E-state index in [0.29, 0.717) is 25.9 Å². The first-order valence-corrected chi connectivity index (χ1v) is 7.83. The lowest BCUT2D eigenvalue weighted by atomic mass is 9.98. The zero-order chi connectivity index (χ0) is 15.4. The number of carbonyl (C=O) groups excluding carboxylic acids is 1. The highest BCUT2D eigenvalue weighted by atomic mass is 16.3. The third-order valence-electron chi connectivity index (χ3n) is 4.24. The maximum Gasteiger partial charge on any atom is 0.254 e. The van der Waals surface area contributed by atoms with Gasteiger partial charge in [-0.15, -0.1) is 0 Å². The normalized spacial score (nSPS) is 15.8. The number of carbonyl (C=O) groups is 1. The van der Waals surface area contributed by atoms with Crippen molar-refractivity contribution >= 4 is 5.91 Å². The van der Waals surface area contributed by atoms with Gasteiger partial charge >= 0.3 is 0 Å². The molecule has 1 heterocycles. The van der Waals surface area contributed by atoms with Crippen molar-refractivity contribution in [3.63, 3.8) is 0 Å².